The summed E-state index contributed by atoms with van der Waals surface area (Å²) in [5.41, 5.74) is 0.512. The Morgan fingerprint density at radius 1 is 1.19 bits per heavy atom. The number of benzene rings is 1. The van der Waals surface area contributed by atoms with Gasteiger partial charge in [-0.15, -0.1) is 0 Å². The molecule has 2 aromatic rings. The maximum atomic E-state index is 12.2. The number of carbonyl (C=O) groups excluding carboxylic acids is 1. The first kappa shape index (κ1) is 17.5. The number of halogens is 2. The third-order valence-corrected chi connectivity index (χ3v) is 5.83. The number of nitrogens with one attached hydrogen (secondary N) is 1. The molecular formula is C18H15Cl2N3O2S. The van der Waals surface area contributed by atoms with E-state index in [0.29, 0.717) is 31.6 Å². The number of amidine groups is 1. The van der Waals surface area contributed by atoms with Gasteiger partial charge >= 0.3 is 0 Å². The van der Waals surface area contributed by atoms with Crippen LogP contribution < -0.4 is 10.2 Å². The van der Waals surface area contributed by atoms with E-state index in [0.717, 1.165) is 19.0 Å². The third kappa shape index (κ3) is 3.63. The fourth-order valence-electron chi connectivity index (χ4n) is 2.83. The molecule has 0 aliphatic carbocycles. The van der Waals surface area contributed by atoms with E-state index in [1.54, 1.807) is 24.3 Å². The molecule has 5 nitrogen and oxygen atoms in total. The van der Waals surface area contributed by atoms with Crippen molar-refractivity contribution in [2.75, 3.05) is 18.0 Å². The molecule has 3 heterocycles. The second-order valence-electron chi connectivity index (χ2n) is 5.92. The molecule has 0 radical (unpaired) electrons. The van der Waals surface area contributed by atoms with Crippen molar-refractivity contribution in [2.24, 2.45) is 4.99 Å². The van der Waals surface area contributed by atoms with Crippen molar-refractivity contribution in [1.82, 2.24) is 5.32 Å². The van der Waals surface area contributed by atoms with Crippen LogP contribution in [-0.4, -0.2) is 24.2 Å². The summed E-state index contributed by atoms with van der Waals surface area (Å²) in [7, 11) is 0. The molecule has 2 aliphatic heterocycles. The molecule has 134 valence electrons. The monoisotopic (exact) mass is 407 g/mol. The summed E-state index contributed by atoms with van der Waals surface area (Å²) in [6, 6.07) is 9.00. The van der Waals surface area contributed by atoms with Gasteiger partial charge in [0.15, 0.2) is 11.1 Å². The van der Waals surface area contributed by atoms with Gasteiger partial charge in [-0.25, -0.2) is 4.99 Å². The molecule has 0 bridgehead atoms. The first-order valence-corrected chi connectivity index (χ1v) is 9.76. The van der Waals surface area contributed by atoms with Crippen LogP contribution >= 0.6 is 35.0 Å². The van der Waals surface area contributed by atoms with Crippen LogP contribution in [0.4, 0.5) is 11.6 Å². The summed E-state index contributed by atoms with van der Waals surface area (Å²) in [4.78, 5) is 19.3. The quantitative estimate of drug-likeness (QED) is 0.720. The van der Waals surface area contributed by atoms with Crippen molar-refractivity contribution in [1.29, 1.82) is 0 Å². The summed E-state index contributed by atoms with van der Waals surface area (Å²) in [5, 5.41) is 3.97. The van der Waals surface area contributed by atoms with Gasteiger partial charge in [-0.2, -0.15) is 0 Å². The normalized spacial score (nSPS) is 20.4. The van der Waals surface area contributed by atoms with E-state index < -0.39 is 0 Å². The zero-order valence-corrected chi connectivity index (χ0v) is 16.0. The number of thioether (sulfide) groups is 1. The smallest absolute Gasteiger partial charge is 0.264 e. The fraction of sp³-hybridized carbons (Fsp3) is 0.222. The van der Waals surface area contributed by atoms with E-state index in [2.05, 4.69) is 15.2 Å². The highest BCUT2D eigenvalue weighted by molar-refractivity contribution is 8.18. The number of rotatable bonds is 3. The Balaban J connectivity index is 1.53. The minimum absolute atomic E-state index is 0.217. The van der Waals surface area contributed by atoms with Gasteiger partial charge in [-0.1, -0.05) is 29.3 Å². The second-order valence-corrected chi connectivity index (χ2v) is 7.74. The van der Waals surface area contributed by atoms with Crippen molar-refractivity contribution in [3.05, 3.63) is 51.0 Å². The number of carbonyl (C=O) groups is 1. The lowest BCUT2D eigenvalue weighted by atomic mass is 10.3. The van der Waals surface area contributed by atoms with Crippen molar-refractivity contribution >= 4 is 63.7 Å². The molecule has 0 saturated carbocycles. The van der Waals surface area contributed by atoms with Gasteiger partial charge in [-0.3, -0.25) is 4.79 Å². The standard InChI is InChI=1S/C18H15Cl2N3O2S/c19-12-4-3-5-13(16(12)20)21-18-22-17(24)14(26-18)10-11-6-7-15(25-11)23-8-1-2-9-23/h3-7,10H,1-2,8-9H2,(H,21,22,24)/b14-10-. The van der Waals surface area contributed by atoms with E-state index in [1.165, 1.54) is 24.6 Å². The van der Waals surface area contributed by atoms with Crippen LogP contribution in [0.25, 0.3) is 6.08 Å². The molecule has 2 aliphatic rings. The Bertz CT molecular complexity index is 917. The van der Waals surface area contributed by atoms with Crippen LogP contribution in [0, 0.1) is 0 Å². The summed E-state index contributed by atoms with van der Waals surface area (Å²) < 4.78 is 5.84. The number of amides is 1. The Morgan fingerprint density at radius 3 is 2.81 bits per heavy atom. The molecular weight excluding hydrogens is 393 g/mol. The summed E-state index contributed by atoms with van der Waals surface area (Å²) in [6.07, 6.45) is 4.09. The molecule has 1 N–H and O–H groups in total. The Kier molecular flexibility index (Phi) is 4.98. The molecule has 0 spiro atoms. The molecule has 2 saturated heterocycles. The van der Waals surface area contributed by atoms with E-state index in [4.69, 9.17) is 27.6 Å². The molecule has 8 heteroatoms. The first-order valence-electron chi connectivity index (χ1n) is 8.18. The van der Waals surface area contributed by atoms with E-state index >= 15 is 0 Å². The number of hydrogen-bond acceptors (Lipinski definition) is 5. The highest BCUT2D eigenvalue weighted by Crippen LogP contribution is 2.35. The number of aliphatic imine (C=N–C) groups is 1. The minimum Gasteiger partial charge on any atom is -0.441 e. The largest absolute Gasteiger partial charge is 0.441 e. The number of hydrogen-bond donors (Lipinski definition) is 1. The molecule has 4 rings (SSSR count). The Labute approximate surface area is 165 Å². The average Bonchev–Trinajstić information content (AvgIpc) is 3.34. The predicted molar refractivity (Wildman–Crippen MR) is 107 cm³/mol. The van der Waals surface area contributed by atoms with Crippen LogP contribution in [0.5, 0.6) is 0 Å². The minimum atomic E-state index is -0.217. The zero-order valence-electron chi connectivity index (χ0n) is 13.7. The lowest BCUT2D eigenvalue weighted by molar-refractivity contribution is -0.115. The SMILES string of the molecule is O=C1NC(=Nc2cccc(Cl)c2Cl)S/C1=C\c1ccc(N2CCCC2)o1. The van der Waals surface area contributed by atoms with Gasteiger partial charge in [0.05, 0.1) is 20.6 Å². The maximum Gasteiger partial charge on any atom is 0.264 e. The van der Waals surface area contributed by atoms with E-state index in [1.807, 2.05) is 12.1 Å². The van der Waals surface area contributed by atoms with Gasteiger partial charge in [-0.05, 0) is 42.8 Å². The first-order chi connectivity index (χ1) is 12.6. The number of furan rings is 1. The van der Waals surface area contributed by atoms with Crippen LogP contribution in [0.2, 0.25) is 10.0 Å². The summed E-state index contributed by atoms with van der Waals surface area (Å²) in [5.74, 6) is 1.27. The van der Waals surface area contributed by atoms with Crippen LogP contribution in [-0.2, 0) is 4.79 Å². The lowest BCUT2D eigenvalue weighted by Crippen LogP contribution is -2.19. The average molecular weight is 408 g/mol. The van der Waals surface area contributed by atoms with Gasteiger partial charge in [0, 0.05) is 25.2 Å². The Morgan fingerprint density at radius 2 is 2.00 bits per heavy atom. The van der Waals surface area contributed by atoms with Crippen molar-refractivity contribution < 1.29 is 9.21 Å². The van der Waals surface area contributed by atoms with Gasteiger partial charge in [0.1, 0.15) is 5.76 Å². The van der Waals surface area contributed by atoms with Gasteiger partial charge in [0.25, 0.3) is 5.91 Å². The topological polar surface area (TPSA) is 57.8 Å². The van der Waals surface area contributed by atoms with Crippen LogP contribution in [0.3, 0.4) is 0 Å². The van der Waals surface area contributed by atoms with Crippen LogP contribution in [0.15, 0.2) is 44.6 Å². The van der Waals surface area contributed by atoms with Crippen molar-refractivity contribution in [2.45, 2.75) is 12.8 Å². The van der Waals surface area contributed by atoms with E-state index in [-0.39, 0.29) is 5.91 Å². The number of nitrogens with zero attached hydrogens (tertiary/aromatic N) is 2. The van der Waals surface area contributed by atoms with E-state index in [9.17, 15) is 4.79 Å². The highest BCUT2D eigenvalue weighted by atomic mass is 35.5. The van der Waals surface area contributed by atoms with Crippen LogP contribution in [0.1, 0.15) is 18.6 Å². The molecule has 1 aromatic carbocycles. The van der Waals surface area contributed by atoms with Gasteiger partial charge in [0.2, 0.25) is 0 Å². The molecule has 26 heavy (non-hydrogen) atoms. The highest BCUT2D eigenvalue weighted by Gasteiger charge is 2.25. The molecule has 1 aromatic heterocycles. The third-order valence-electron chi connectivity index (χ3n) is 4.11. The number of anilines is 1. The predicted octanol–water partition coefficient (Wildman–Crippen LogP) is 5.08. The molecule has 0 atom stereocenters. The Hall–Kier alpha value is -1.89. The summed E-state index contributed by atoms with van der Waals surface area (Å²) >= 11 is 13.4. The molecule has 1 amide bonds. The maximum absolute atomic E-state index is 12.2. The lowest BCUT2D eigenvalue weighted by Gasteiger charge is -2.12. The fourth-order valence-corrected chi connectivity index (χ4v) is 3.98. The zero-order chi connectivity index (χ0) is 18.1. The molecule has 2 fully saturated rings. The van der Waals surface area contributed by atoms with Crippen molar-refractivity contribution in [3.8, 4) is 0 Å². The van der Waals surface area contributed by atoms with Crippen molar-refractivity contribution in [3.63, 3.8) is 0 Å². The summed E-state index contributed by atoms with van der Waals surface area (Å²) in [6.45, 7) is 2.02. The van der Waals surface area contributed by atoms with Gasteiger partial charge < -0.3 is 14.6 Å². The second kappa shape index (κ2) is 7.39. The molecule has 0 unspecified atom stereocenters.